The molecule has 0 spiro atoms. The number of benzene rings is 1. The van der Waals surface area contributed by atoms with Crippen LogP contribution < -0.4 is 16.2 Å². The van der Waals surface area contributed by atoms with E-state index in [1.54, 1.807) is 6.08 Å². The van der Waals surface area contributed by atoms with Crippen molar-refractivity contribution in [2.24, 2.45) is 0 Å². The van der Waals surface area contributed by atoms with Crippen LogP contribution in [0.5, 0.6) is 0 Å². The lowest BCUT2D eigenvalue weighted by molar-refractivity contribution is 0.244. The summed E-state index contributed by atoms with van der Waals surface area (Å²) in [5.74, 6) is 0. The molecule has 1 aromatic carbocycles. The molecule has 0 heterocycles. The van der Waals surface area contributed by atoms with Crippen molar-refractivity contribution in [2.75, 3.05) is 12.0 Å². The van der Waals surface area contributed by atoms with Crippen molar-refractivity contribution in [3.05, 3.63) is 42.5 Å². The fraction of sp³-hybridized carbons (Fsp3) is 0.182. The molecule has 0 aromatic heterocycles. The van der Waals surface area contributed by atoms with Gasteiger partial charge in [-0.25, -0.2) is 4.79 Å². The maximum absolute atomic E-state index is 11.1. The summed E-state index contributed by atoms with van der Waals surface area (Å²) in [6.45, 7) is 5.95. The van der Waals surface area contributed by atoms with Crippen molar-refractivity contribution in [1.82, 2.24) is 10.7 Å². The first-order valence-electron chi connectivity index (χ1n) is 4.70. The number of amides is 2. The minimum atomic E-state index is -0.282. The van der Waals surface area contributed by atoms with Gasteiger partial charge in [-0.15, -0.1) is 6.58 Å². The Labute approximate surface area is 89.3 Å². The van der Waals surface area contributed by atoms with Crippen LogP contribution in [-0.2, 0) is 0 Å². The molecule has 15 heavy (non-hydrogen) atoms. The molecule has 0 saturated heterocycles. The first kappa shape index (κ1) is 11.1. The molecule has 0 fully saturated rings. The van der Waals surface area contributed by atoms with E-state index >= 15 is 0 Å². The number of nitrogens with one attached hydrogen (secondary N) is 3. The molecule has 3 N–H and O–H groups in total. The van der Waals surface area contributed by atoms with Crippen LogP contribution in [0.1, 0.15) is 5.56 Å². The largest absolute Gasteiger partial charge is 0.333 e. The van der Waals surface area contributed by atoms with E-state index in [2.05, 4.69) is 22.7 Å². The molecule has 0 radical (unpaired) electrons. The molecule has 0 atom stereocenters. The number of carbonyl (C=O) groups is 1. The van der Waals surface area contributed by atoms with Gasteiger partial charge >= 0.3 is 6.03 Å². The van der Waals surface area contributed by atoms with E-state index in [1.807, 2.05) is 31.2 Å². The standard InChI is InChI=1S/C11H15N3O/c1-3-8-12-11(15)14-13-10-6-4-9(2)5-7-10/h3-7,13H,1,8H2,2H3,(H2,12,14,15). The predicted octanol–water partition coefficient (Wildman–Crippen LogP) is 1.81. The first-order valence-corrected chi connectivity index (χ1v) is 4.70. The maximum atomic E-state index is 11.1. The molecule has 2 amide bonds. The number of hydrazine groups is 1. The van der Waals surface area contributed by atoms with Crippen LogP contribution in [0.25, 0.3) is 0 Å². The van der Waals surface area contributed by atoms with E-state index in [1.165, 1.54) is 5.56 Å². The summed E-state index contributed by atoms with van der Waals surface area (Å²) in [6, 6.07) is 7.43. The van der Waals surface area contributed by atoms with Gasteiger partial charge in [0.25, 0.3) is 0 Å². The summed E-state index contributed by atoms with van der Waals surface area (Å²) in [7, 11) is 0. The lowest BCUT2D eigenvalue weighted by Gasteiger charge is -2.08. The number of hydrogen-bond acceptors (Lipinski definition) is 2. The van der Waals surface area contributed by atoms with Gasteiger partial charge in [-0.2, -0.15) is 0 Å². The van der Waals surface area contributed by atoms with E-state index in [9.17, 15) is 4.79 Å². The van der Waals surface area contributed by atoms with Crippen LogP contribution in [0, 0.1) is 6.92 Å². The van der Waals surface area contributed by atoms with Crippen LogP contribution in [0.4, 0.5) is 10.5 Å². The van der Waals surface area contributed by atoms with Gasteiger partial charge in [0.1, 0.15) is 0 Å². The first-order chi connectivity index (χ1) is 7.22. The van der Waals surface area contributed by atoms with Crippen molar-refractivity contribution in [3.63, 3.8) is 0 Å². The maximum Gasteiger partial charge on any atom is 0.333 e. The van der Waals surface area contributed by atoms with Gasteiger partial charge in [-0.1, -0.05) is 23.8 Å². The highest BCUT2D eigenvalue weighted by Crippen LogP contribution is 2.06. The lowest BCUT2D eigenvalue weighted by atomic mass is 10.2. The highest BCUT2D eigenvalue weighted by atomic mass is 16.2. The average molecular weight is 205 g/mol. The van der Waals surface area contributed by atoms with Gasteiger partial charge in [0.15, 0.2) is 0 Å². The van der Waals surface area contributed by atoms with E-state index in [0.29, 0.717) is 6.54 Å². The second-order valence-corrected chi connectivity index (χ2v) is 3.11. The molecule has 4 nitrogen and oxygen atoms in total. The minimum absolute atomic E-state index is 0.282. The van der Waals surface area contributed by atoms with Crippen LogP contribution >= 0.6 is 0 Å². The van der Waals surface area contributed by atoms with Gasteiger partial charge in [0.2, 0.25) is 0 Å². The molecule has 0 saturated carbocycles. The molecule has 0 bridgehead atoms. The second-order valence-electron chi connectivity index (χ2n) is 3.11. The van der Waals surface area contributed by atoms with Crippen LogP contribution in [0.3, 0.4) is 0 Å². The monoisotopic (exact) mass is 205 g/mol. The average Bonchev–Trinajstić information content (AvgIpc) is 2.25. The SMILES string of the molecule is C=CCNC(=O)NNc1ccc(C)cc1. The van der Waals surface area contributed by atoms with E-state index < -0.39 is 0 Å². The lowest BCUT2D eigenvalue weighted by Crippen LogP contribution is -2.38. The Hall–Kier alpha value is -1.97. The van der Waals surface area contributed by atoms with Crippen molar-refractivity contribution < 1.29 is 4.79 Å². The molecule has 4 heteroatoms. The summed E-state index contributed by atoms with van der Waals surface area (Å²) in [5.41, 5.74) is 7.31. The fourth-order valence-electron chi connectivity index (χ4n) is 0.975. The number of anilines is 1. The zero-order valence-corrected chi connectivity index (χ0v) is 8.71. The summed E-state index contributed by atoms with van der Waals surface area (Å²) in [5, 5.41) is 2.58. The van der Waals surface area contributed by atoms with Crippen molar-refractivity contribution in [2.45, 2.75) is 6.92 Å². The van der Waals surface area contributed by atoms with Crippen molar-refractivity contribution >= 4 is 11.7 Å². The van der Waals surface area contributed by atoms with Gasteiger partial charge in [-0.05, 0) is 19.1 Å². The van der Waals surface area contributed by atoms with Crippen LogP contribution in [0.15, 0.2) is 36.9 Å². The molecule has 0 unspecified atom stereocenters. The Morgan fingerprint density at radius 3 is 2.67 bits per heavy atom. The van der Waals surface area contributed by atoms with Gasteiger partial charge in [-0.3, -0.25) is 10.9 Å². The van der Waals surface area contributed by atoms with E-state index in [-0.39, 0.29) is 6.03 Å². The van der Waals surface area contributed by atoms with E-state index in [4.69, 9.17) is 0 Å². The number of rotatable bonds is 4. The Morgan fingerprint density at radius 2 is 2.07 bits per heavy atom. The summed E-state index contributed by atoms with van der Waals surface area (Å²) in [4.78, 5) is 11.1. The smallest absolute Gasteiger partial charge is 0.333 e. The molecule has 0 aliphatic heterocycles. The third-order valence-electron chi connectivity index (χ3n) is 1.78. The zero-order valence-electron chi connectivity index (χ0n) is 8.71. The van der Waals surface area contributed by atoms with Crippen molar-refractivity contribution in [1.29, 1.82) is 0 Å². The molecule has 0 aliphatic rings. The zero-order chi connectivity index (χ0) is 11.1. The Morgan fingerprint density at radius 1 is 1.40 bits per heavy atom. The number of hydrogen-bond donors (Lipinski definition) is 3. The molecule has 1 aromatic rings. The Bertz CT molecular complexity index is 332. The van der Waals surface area contributed by atoms with Gasteiger partial charge in [0.05, 0.1) is 5.69 Å². The molecular formula is C11H15N3O. The number of urea groups is 1. The third kappa shape index (κ3) is 4.17. The van der Waals surface area contributed by atoms with Crippen LogP contribution in [0.2, 0.25) is 0 Å². The Balaban J connectivity index is 2.33. The number of carbonyl (C=O) groups excluding carboxylic acids is 1. The predicted molar refractivity (Wildman–Crippen MR) is 61.5 cm³/mol. The minimum Gasteiger partial charge on any atom is -0.333 e. The Kier molecular flexibility index (Phi) is 4.22. The third-order valence-corrected chi connectivity index (χ3v) is 1.78. The summed E-state index contributed by atoms with van der Waals surface area (Å²) in [6.07, 6.45) is 1.62. The summed E-state index contributed by atoms with van der Waals surface area (Å²) >= 11 is 0. The summed E-state index contributed by atoms with van der Waals surface area (Å²) < 4.78 is 0. The molecule has 0 aliphatic carbocycles. The van der Waals surface area contributed by atoms with Gasteiger partial charge < -0.3 is 5.32 Å². The van der Waals surface area contributed by atoms with Crippen LogP contribution in [-0.4, -0.2) is 12.6 Å². The normalized spacial score (nSPS) is 9.13. The second kappa shape index (κ2) is 5.70. The highest BCUT2D eigenvalue weighted by Gasteiger charge is 1.96. The fourth-order valence-corrected chi connectivity index (χ4v) is 0.975. The molecular weight excluding hydrogens is 190 g/mol. The molecule has 80 valence electrons. The molecule has 1 rings (SSSR count). The highest BCUT2D eigenvalue weighted by molar-refractivity contribution is 5.75. The topological polar surface area (TPSA) is 53.2 Å². The van der Waals surface area contributed by atoms with Crippen molar-refractivity contribution in [3.8, 4) is 0 Å². The van der Waals surface area contributed by atoms with Gasteiger partial charge in [0, 0.05) is 6.54 Å². The quantitative estimate of drug-likeness (QED) is 0.518. The van der Waals surface area contributed by atoms with E-state index in [0.717, 1.165) is 5.69 Å². The number of aryl methyl sites for hydroxylation is 1.